The zero-order valence-corrected chi connectivity index (χ0v) is 15.2. The fourth-order valence-electron chi connectivity index (χ4n) is 2.89. The molecule has 3 heterocycles. The SMILES string of the molecule is [2H]C1(n2cc(C(N)=O)c3c(N)nc(C)nc32)OC(COC(=O)[C@H](C)N)C(O)C1O. The quantitative estimate of drug-likeness (QED) is 0.350. The van der Waals surface area contributed by atoms with Crippen molar-refractivity contribution in [3.05, 3.63) is 17.6 Å². The summed E-state index contributed by atoms with van der Waals surface area (Å²) in [4.78, 5) is 31.6. The van der Waals surface area contributed by atoms with Crippen LogP contribution in [0.1, 0.15) is 30.7 Å². The van der Waals surface area contributed by atoms with Gasteiger partial charge >= 0.3 is 5.97 Å². The van der Waals surface area contributed by atoms with E-state index in [0.717, 1.165) is 10.8 Å². The van der Waals surface area contributed by atoms with Crippen molar-refractivity contribution in [1.29, 1.82) is 0 Å². The molecule has 0 aromatic carbocycles. The molecular weight excluding hydrogens is 372 g/mol. The number of esters is 1. The van der Waals surface area contributed by atoms with Gasteiger partial charge in [-0.2, -0.15) is 0 Å². The molecule has 12 heteroatoms. The Morgan fingerprint density at radius 1 is 1.43 bits per heavy atom. The number of aliphatic hydroxyl groups is 2. The van der Waals surface area contributed by atoms with Crippen LogP contribution in [0.3, 0.4) is 0 Å². The van der Waals surface area contributed by atoms with E-state index in [2.05, 4.69) is 9.97 Å². The number of carbonyl (C=O) groups is 2. The molecule has 0 spiro atoms. The number of ether oxygens (including phenoxy) is 2. The summed E-state index contributed by atoms with van der Waals surface area (Å²) in [5, 5.41) is 20.9. The first-order valence-corrected chi connectivity index (χ1v) is 8.39. The maximum Gasteiger partial charge on any atom is 0.322 e. The van der Waals surface area contributed by atoms with Crippen molar-refractivity contribution in [3.63, 3.8) is 0 Å². The van der Waals surface area contributed by atoms with Crippen LogP contribution in [0, 0.1) is 6.92 Å². The lowest BCUT2D eigenvalue weighted by Gasteiger charge is -2.17. The van der Waals surface area contributed by atoms with E-state index < -0.39 is 49.0 Å². The molecule has 4 unspecified atom stereocenters. The number of hydrogen-bond acceptors (Lipinski definition) is 10. The lowest BCUT2D eigenvalue weighted by Crippen LogP contribution is -2.36. The topological polar surface area (TPSA) is 202 Å². The van der Waals surface area contributed by atoms with Crippen molar-refractivity contribution in [2.75, 3.05) is 12.3 Å². The van der Waals surface area contributed by atoms with Crippen molar-refractivity contribution in [2.45, 2.75) is 44.4 Å². The molecule has 12 nitrogen and oxygen atoms in total. The fraction of sp³-hybridized carbons (Fsp3) is 0.500. The molecule has 5 atom stereocenters. The van der Waals surface area contributed by atoms with Crippen molar-refractivity contribution < 1.29 is 30.6 Å². The summed E-state index contributed by atoms with van der Waals surface area (Å²) in [6, 6.07) is -0.895. The van der Waals surface area contributed by atoms with Gasteiger partial charge in [-0.05, 0) is 13.8 Å². The van der Waals surface area contributed by atoms with E-state index in [1.807, 2.05) is 0 Å². The van der Waals surface area contributed by atoms with Crippen LogP contribution in [0.15, 0.2) is 6.20 Å². The summed E-state index contributed by atoms with van der Waals surface area (Å²) in [5.74, 6) is -1.40. The van der Waals surface area contributed by atoms with Crippen LogP contribution in [0.25, 0.3) is 11.0 Å². The van der Waals surface area contributed by atoms with E-state index in [-0.39, 0.29) is 28.2 Å². The third-order valence-electron chi connectivity index (χ3n) is 4.28. The Balaban J connectivity index is 2.04. The van der Waals surface area contributed by atoms with Crippen LogP contribution in [0.4, 0.5) is 5.82 Å². The Labute approximate surface area is 160 Å². The van der Waals surface area contributed by atoms with Crippen molar-refractivity contribution in [3.8, 4) is 0 Å². The molecule has 0 aliphatic carbocycles. The number of hydrogen-bond donors (Lipinski definition) is 5. The van der Waals surface area contributed by atoms with Gasteiger partial charge in [-0.1, -0.05) is 0 Å². The molecule has 28 heavy (non-hydrogen) atoms. The summed E-state index contributed by atoms with van der Waals surface area (Å²) in [5.41, 5.74) is 16.6. The molecule has 1 fully saturated rings. The van der Waals surface area contributed by atoms with Crippen molar-refractivity contribution >= 4 is 28.7 Å². The monoisotopic (exact) mass is 395 g/mol. The Bertz CT molecular complexity index is 980. The second-order valence-electron chi connectivity index (χ2n) is 6.48. The number of fused-ring (bicyclic) bond motifs is 1. The first-order chi connectivity index (χ1) is 13.5. The molecule has 0 bridgehead atoms. The number of amides is 1. The van der Waals surface area contributed by atoms with Crippen LogP contribution >= 0.6 is 0 Å². The largest absolute Gasteiger partial charge is 0.462 e. The summed E-state index contributed by atoms with van der Waals surface area (Å²) < 4.78 is 20.1. The minimum Gasteiger partial charge on any atom is -0.462 e. The van der Waals surface area contributed by atoms with E-state index in [1.54, 1.807) is 6.92 Å². The highest BCUT2D eigenvalue weighted by atomic mass is 16.6. The Kier molecular flexibility index (Phi) is 4.85. The minimum atomic E-state index is -2.32. The third kappa shape index (κ3) is 3.38. The Morgan fingerprint density at radius 2 is 2.11 bits per heavy atom. The van der Waals surface area contributed by atoms with E-state index in [1.165, 1.54) is 6.92 Å². The Hall–Kier alpha value is -2.80. The highest BCUT2D eigenvalue weighted by molar-refractivity contribution is 6.08. The van der Waals surface area contributed by atoms with Crippen LogP contribution in [0.2, 0.25) is 0 Å². The van der Waals surface area contributed by atoms with Gasteiger partial charge in [0.2, 0.25) is 0 Å². The second kappa shape index (κ2) is 7.31. The van der Waals surface area contributed by atoms with Gasteiger partial charge in [0.15, 0.2) is 6.20 Å². The molecule has 8 N–H and O–H groups in total. The standard InChI is InChI=1S/C16H22N6O6/c1-5(17)16(26)27-4-8-10(23)11(24)15(28-8)22-3-7(13(19)25)9-12(18)20-6(2)21-14(9)22/h3,5,8,10-11,15,23-24H,4,17H2,1-2H3,(H2,19,25)(H2,18,20,21)/t5-,8?,10?,11?,15?/m0/s1/i15D. The molecule has 3 rings (SSSR count). The summed E-state index contributed by atoms with van der Waals surface area (Å²) in [6.45, 7) is 2.52. The summed E-state index contributed by atoms with van der Waals surface area (Å²) in [6.07, 6.45) is -5.77. The molecule has 1 aliphatic heterocycles. The van der Waals surface area contributed by atoms with E-state index in [9.17, 15) is 19.8 Å². The number of rotatable bonds is 5. The number of aromatic nitrogens is 3. The number of aliphatic hydroxyl groups excluding tert-OH is 2. The van der Waals surface area contributed by atoms with Gasteiger partial charge in [0.25, 0.3) is 5.91 Å². The van der Waals surface area contributed by atoms with E-state index in [4.69, 9.17) is 28.0 Å². The van der Waals surface area contributed by atoms with Crippen LogP contribution in [0.5, 0.6) is 0 Å². The Morgan fingerprint density at radius 3 is 2.71 bits per heavy atom. The van der Waals surface area contributed by atoms with Crippen molar-refractivity contribution in [1.82, 2.24) is 14.5 Å². The van der Waals surface area contributed by atoms with Gasteiger partial charge < -0.3 is 41.5 Å². The summed E-state index contributed by atoms with van der Waals surface area (Å²) in [7, 11) is 0. The zero-order chi connectivity index (χ0) is 21.7. The number of nitrogen functional groups attached to an aromatic ring is 1. The van der Waals surface area contributed by atoms with Crippen LogP contribution < -0.4 is 17.2 Å². The first-order valence-electron chi connectivity index (χ1n) is 8.89. The minimum absolute atomic E-state index is 0.0123. The molecule has 152 valence electrons. The number of carbonyl (C=O) groups excluding carboxylic acids is 2. The maximum absolute atomic E-state index is 11.9. The number of primary amides is 1. The number of nitrogens with zero attached hydrogens (tertiary/aromatic N) is 3. The smallest absolute Gasteiger partial charge is 0.322 e. The molecule has 0 saturated carbocycles. The number of anilines is 1. The normalized spacial score (nSPS) is 28.9. The third-order valence-corrected chi connectivity index (χ3v) is 4.28. The zero-order valence-electron chi connectivity index (χ0n) is 16.2. The van der Waals surface area contributed by atoms with Gasteiger partial charge in [0.05, 0.1) is 12.3 Å². The van der Waals surface area contributed by atoms with Gasteiger partial charge in [-0.25, -0.2) is 9.97 Å². The number of aryl methyl sites for hydroxylation is 1. The van der Waals surface area contributed by atoms with E-state index >= 15 is 0 Å². The van der Waals surface area contributed by atoms with Gasteiger partial charge in [-0.15, -0.1) is 0 Å². The highest BCUT2D eigenvalue weighted by Gasteiger charge is 2.45. The van der Waals surface area contributed by atoms with E-state index in [0.29, 0.717) is 0 Å². The van der Waals surface area contributed by atoms with Crippen LogP contribution in [-0.2, 0) is 14.3 Å². The molecule has 1 aliphatic rings. The van der Waals surface area contributed by atoms with Gasteiger partial charge in [0.1, 0.15) is 48.3 Å². The predicted octanol–water partition coefficient (Wildman–Crippen LogP) is -2.07. The van der Waals surface area contributed by atoms with Gasteiger partial charge in [-0.3, -0.25) is 9.59 Å². The lowest BCUT2D eigenvalue weighted by atomic mass is 10.1. The number of nitrogens with two attached hydrogens (primary N) is 3. The molecular formula is C16H22N6O6. The molecule has 2 aromatic heterocycles. The fourth-order valence-corrected chi connectivity index (χ4v) is 2.89. The maximum atomic E-state index is 11.9. The second-order valence-corrected chi connectivity index (χ2v) is 6.48. The van der Waals surface area contributed by atoms with Crippen LogP contribution in [-0.4, -0.2) is 67.6 Å². The average molecular weight is 395 g/mol. The average Bonchev–Trinajstić information content (AvgIpc) is 3.12. The predicted molar refractivity (Wildman–Crippen MR) is 95.7 cm³/mol. The molecule has 1 saturated heterocycles. The first kappa shape index (κ1) is 18.6. The molecule has 1 amide bonds. The molecule has 2 aromatic rings. The summed E-state index contributed by atoms with van der Waals surface area (Å²) >= 11 is 0. The lowest BCUT2D eigenvalue weighted by molar-refractivity contribution is -0.151. The van der Waals surface area contributed by atoms with Crippen molar-refractivity contribution in [2.24, 2.45) is 11.5 Å². The van der Waals surface area contributed by atoms with Gasteiger partial charge in [0, 0.05) is 6.20 Å². The molecule has 0 radical (unpaired) electrons. The highest BCUT2D eigenvalue weighted by Crippen LogP contribution is 2.35.